The van der Waals surface area contributed by atoms with Crippen molar-refractivity contribution >= 4 is 12.0 Å². The monoisotopic (exact) mass is 197 g/mol. The van der Waals surface area contributed by atoms with E-state index in [2.05, 4.69) is 5.43 Å². The molecule has 0 fully saturated rings. The van der Waals surface area contributed by atoms with Crippen LogP contribution in [0.4, 0.5) is 4.79 Å². The number of nitrogens with zero attached hydrogens (tertiary/aromatic N) is 1. The van der Waals surface area contributed by atoms with E-state index in [-0.39, 0.29) is 5.56 Å². The fourth-order valence-corrected chi connectivity index (χ4v) is 1.26. The zero-order chi connectivity index (χ0) is 10.9. The zero-order valence-corrected chi connectivity index (χ0v) is 7.87. The van der Waals surface area contributed by atoms with E-state index in [9.17, 15) is 9.59 Å². The number of rotatable bonds is 2. The standard InChI is InChI=1S/C8H11N3O3/c1-4-3-6(7(12)13)5(2)11(4)10-8(9)14/h3H,1-2H3,(H,12,13)(H3,9,10,14). The van der Waals surface area contributed by atoms with Crippen LogP contribution in [0.3, 0.4) is 0 Å². The molecule has 6 nitrogen and oxygen atoms in total. The molecule has 1 heterocycles. The summed E-state index contributed by atoms with van der Waals surface area (Å²) in [6.45, 7) is 3.27. The summed E-state index contributed by atoms with van der Waals surface area (Å²) in [5.41, 5.74) is 8.44. The minimum absolute atomic E-state index is 0.149. The van der Waals surface area contributed by atoms with Crippen molar-refractivity contribution in [1.82, 2.24) is 4.68 Å². The number of primary amides is 1. The number of nitrogens with one attached hydrogen (secondary N) is 1. The van der Waals surface area contributed by atoms with Crippen LogP contribution in [0.25, 0.3) is 0 Å². The van der Waals surface area contributed by atoms with Crippen molar-refractivity contribution in [3.05, 3.63) is 23.0 Å². The molecule has 0 aliphatic carbocycles. The molecule has 14 heavy (non-hydrogen) atoms. The van der Waals surface area contributed by atoms with Crippen LogP contribution < -0.4 is 11.2 Å². The Morgan fingerprint density at radius 2 is 2.07 bits per heavy atom. The SMILES string of the molecule is Cc1cc(C(=O)O)c(C)n1NC(N)=O. The van der Waals surface area contributed by atoms with Gasteiger partial charge in [0.25, 0.3) is 0 Å². The van der Waals surface area contributed by atoms with Gasteiger partial charge in [-0.3, -0.25) is 4.68 Å². The van der Waals surface area contributed by atoms with Gasteiger partial charge in [-0.25, -0.2) is 15.0 Å². The van der Waals surface area contributed by atoms with E-state index in [0.29, 0.717) is 11.4 Å². The number of carboxylic acids is 1. The molecule has 76 valence electrons. The minimum atomic E-state index is -1.03. The second-order valence-electron chi connectivity index (χ2n) is 2.90. The molecule has 0 unspecified atom stereocenters. The number of carboxylic acid groups (broad SMARTS) is 1. The molecule has 4 N–H and O–H groups in total. The van der Waals surface area contributed by atoms with Crippen molar-refractivity contribution in [1.29, 1.82) is 0 Å². The molecule has 0 saturated carbocycles. The molecule has 0 spiro atoms. The van der Waals surface area contributed by atoms with Crippen LogP contribution in [0, 0.1) is 13.8 Å². The number of hydrogen-bond acceptors (Lipinski definition) is 2. The average Bonchev–Trinajstić information content (AvgIpc) is 2.31. The van der Waals surface area contributed by atoms with Crippen molar-refractivity contribution in [2.24, 2.45) is 5.73 Å². The number of aromatic carboxylic acids is 1. The van der Waals surface area contributed by atoms with Gasteiger partial charge in [0, 0.05) is 5.69 Å². The van der Waals surface area contributed by atoms with Gasteiger partial charge < -0.3 is 10.8 Å². The van der Waals surface area contributed by atoms with Crippen LogP contribution in [0.1, 0.15) is 21.7 Å². The number of urea groups is 1. The highest BCUT2D eigenvalue weighted by atomic mass is 16.4. The Hall–Kier alpha value is -1.98. The first kappa shape index (κ1) is 10.1. The highest BCUT2D eigenvalue weighted by Crippen LogP contribution is 2.12. The van der Waals surface area contributed by atoms with Crippen molar-refractivity contribution in [3.8, 4) is 0 Å². The van der Waals surface area contributed by atoms with Gasteiger partial charge in [0.15, 0.2) is 0 Å². The van der Waals surface area contributed by atoms with Crippen LogP contribution in [0.15, 0.2) is 6.07 Å². The smallest absolute Gasteiger partial charge is 0.337 e. The first-order valence-corrected chi connectivity index (χ1v) is 3.92. The van der Waals surface area contributed by atoms with Crippen molar-refractivity contribution in [2.75, 3.05) is 5.43 Å². The van der Waals surface area contributed by atoms with Gasteiger partial charge in [-0.2, -0.15) is 0 Å². The normalized spacial score (nSPS) is 9.86. The molecule has 6 heteroatoms. The summed E-state index contributed by atoms with van der Waals surface area (Å²) in [5.74, 6) is -1.03. The molecule has 0 aliphatic heterocycles. The number of carbonyl (C=O) groups excluding carboxylic acids is 1. The van der Waals surface area contributed by atoms with E-state index in [4.69, 9.17) is 10.8 Å². The number of aromatic nitrogens is 1. The molecule has 0 aromatic carbocycles. The Morgan fingerprint density at radius 3 is 2.43 bits per heavy atom. The third-order valence-electron chi connectivity index (χ3n) is 1.88. The number of carbonyl (C=O) groups is 2. The molecule has 0 aliphatic rings. The number of hydrogen-bond donors (Lipinski definition) is 3. The van der Waals surface area contributed by atoms with Gasteiger partial charge in [-0.05, 0) is 19.9 Å². The molecule has 1 aromatic heterocycles. The third-order valence-corrected chi connectivity index (χ3v) is 1.88. The molecule has 0 radical (unpaired) electrons. The zero-order valence-electron chi connectivity index (χ0n) is 7.87. The molecule has 2 amide bonds. The van der Waals surface area contributed by atoms with Crippen LogP contribution in [0.5, 0.6) is 0 Å². The third kappa shape index (κ3) is 1.68. The molecule has 1 aromatic rings. The lowest BCUT2D eigenvalue weighted by molar-refractivity contribution is 0.0696. The van der Waals surface area contributed by atoms with Gasteiger partial charge in [-0.15, -0.1) is 0 Å². The largest absolute Gasteiger partial charge is 0.478 e. The average molecular weight is 197 g/mol. The maximum absolute atomic E-state index is 10.7. The fourth-order valence-electron chi connectivity index (χ4n) is 1.26. The second kappa shape index (κ2) is 3.41. The van der Waals surface area contributed by atoms with E-state index in [1.807, 2.05) is 0 Å². The highest BCUT2D eigenvalue weighted by molar-refractivity contribution is 5.90. The molecule has 1 rings (SSSR count). The van der Waals surface area contributed by atoms with Crippen molar-refractivity contribution in [3.63, 3.8) is 0 Å². The summed E-state index contributed by atoms with van der Waals surface area (Å²) in [6.07, 6.45) is 0. The predicted molar refractivity (Wildman–Crippen MR) is 49.8 cm³/mol. The first-order chi connectivity index (χ1) is 6.43. The Labute approximate surface area is 80.3 Å². The van der Waals surface area contributed by atoms with Gasteiger partial charge in [0.1, 0.15) is 0 Å². The summed E-state index contributed by atoms with van der Waals surface area (Å²) >= 11 is 0. The Balaban J connectivity index is 3.17. The number of aryl methyl sites for hydroxylation is 1. The van der Waals surface area contributed by atoms with E-state index in [1.165, 1.54) is 10.7 Å². The van der Waals surface area contributed by atoms with Crippen molar-refractivity contribution < 1.29 is 14.7 Å². The summed E-state index contributed by atoms with van der Waals surface area (Å²) in [6, 6.07) is 0.733. The van der Waals surface area contributed by atoms with Gasteiger partial charge >= 0.3 is 12.0 Å². The van der Waals surface area contributed by atoms with Gasteiger partial charge in [0.05, 0.1) is 11.3 Å². The van der Waals surface area contributed by atoms with E-state index >= 15 is 0 Å². The van der Waals surface area contributed by atoms with Crippen LogP contribution in [0.2, 0.25) is 0 Å². The van der Waals surface area contributed by atoms with Crippen LogP contribution in [-0.2, 0) is 0 Å². The van der Waals surface area contributed by atoms with Crippen molar-refractivity contribution in [2.45, 2.75) is 13.8 Å². The molecule has 0 atom stereocenters. The molecular formula is C8H11N3O3. The Morgan fingerprint density at radius 1 is 1.50 bits per heavy atom. The van der Waals surface area contributed by atoms with Crippen LogP contribution in [-0.4, -0.2) is 21.8 Å². The number of nitrogens with two attached hydrogens (primary N) is 1. The summed E-state index contributed by atoms with van der Waals surface area (Å²) < 4.78 is 1.34. The second-order valence-corrected chi connectivity index (χ2v) is 2.90. The maximum atomic E-state index is 10.7. The Kier molecular flexibility index (Phi) is 2.46. The first-order valence-electron chi connectivity index (χ1n) is 3.92. The van der Waals surface area contributed by atoms with Crippen LogP contribution >= 0.6 is 0 Å². The van der Waals surface area contributed by atoms with E-state index in [1.54, 1.807) is 13.8 Å². The topological polar surface area (TPSA) is 97.3 Å². The predicted octanol–water partition coefficient (Wildman–Crippen LogP) is 0.425. The quantitative estimate of drug-likeness (QED) is 0.641. The molecule has 0 saturated heterocycles. The maximum Gasteiger partial charge on any atom is 0.337 e. The summed E-state index contributed by atoms with van der Waals surface area (Å²) in [7, 11) is 0. The molecule has 0 bridgehead atoms. The van der Waals surface area contributed by atoms with Gasteiger partial charge in [-0.1, -0.05) is 0 Å². The van der Waals surface area contributed by atoms with Gasteiger partial charge in [0.2, 0.25) is 0 Å². The fraction of sp³-hybridized carbons (Fsp3) is 0.250. The van der Waals surface area contributed by atoms with E-state index < -0.39 is 12.0 Å². The lowest BCUT2D eigenvalue weighted by atomic mass is 10.2. The molecular weight excluding hydrogens is 186 g/mol. The van der Waals surface area contributed by atoms with E-state index in [0.717, 1.165) is 0 Å². The highest BCUT2D eigenvalue weighted by Gasteiger charge is 2.14. The summed E-state index contributed by atoms with van der Waals surface area (Å²) in [5, 5.41) is 8.78. The summed E-state index contributed by atoms with van der Waals surface area (Å²) in [4.78, 5) is 21.3. The lowest BCUT2D eigenvalue weighted by Crippen LogP contribution is -2.29. The number of amides is 2. The minimum Gasteiger partial charge on any atom is -0.478 e. The Bertz CT molecular complexity index is 395. The lowest BCUT2D eigenvalue weighted by Gasteiger charge is -2.08.